The number of aryl methyl sites for hydroxylation is 2. The average Bonchev–Trinajstić information content (AvgIpc) is 3.44. The molecule has 6 heteroatoms. The molecular weight excluding hydrogens is 671 g/mol. The maximum Gasteiger partial charge on any atom is 0.155 e. The maximum atomic E-state index is 10.0. The van der Waals surface area contributed by atoms with Crippen molar-refractivity contribution in [3.05, 3.63) is 102 Å². The van der Waals surface area contributed by atoms with E-state index in [2.05, 4.69) is 68.4 Å². The molecule has 4 nitrogen and oxygen atoms in total. The largest absolute Gasteiger partial charge is 0.512 e. The molecule has 38 heavy (non-hydrogen) atoms. The van der Waals surface area contributed by atoms with E-state index in [1.54, 1.807) is 11.3 Å². The number of carbonyl (C=O) groups excluding carboxylic acids is 1. The number of benzene rings is 3. The number of furan rings is 1. The van der Waals surface area contributed by atoms with E-state index in [-0.39, 0.29) is 31.6 Å². The Morgan fingerprint density at radius 1 is 0.974 bits per heavy atom. The van der Waals surface area contributed by atoms with Gasteiger partial charge in [-0.3, -0.25) is 9.78 Å². The summed E-state index contributed by atoms with van der Waals surface area (Å²) >= 11 is 1.78. The zero-order chi connectivity index (χ0) is 26.1. The van der Waals surface area contributed by atoms with Gasteiger partial charge in [0.1, 0.15) is 5.58 Å². The smallest absolute Gasteiger partial charge is 0.155 e. The molecule has 1 N–H and O–H groups in total. The van der Waals surface area contributed by atoms with Crippen molar-refractivity contribution in [1.82, 2.24) is 4.98 Å². The summed E-state index contributed by atoms with van der Waals surface area (Å²) in [6, 6.07) is 28.6. The number of hydrogen-bond donors (Lipinski definition) is 1. The summed E-state index contributed by atoms with van der Waals surface area (Å²) in [5, 5.41) is 10.6. The normalized spacial score (nSPS) is 11.3. The molecule has 0 saturated heterocycles. The first-order valence-corrected chi connectivity index (χ1v) is 12.8. The Bertz CT molecular complexity index is 1790. The van der Waals surface area contributed by atoms with Crippen molar-refractivity contribution in [2.45, 2.75) is 27.7 Å². The van der Waals surface area contributed by atoms with Crippen LogP contribution in [0.15, 0.2) is 89.0 Å². The van der Waals surface area contributed by atoms with Crippen molar-refractivity contribution >= 4 is 49.3 Å². The number of nitrogens with zero attached hydrogens (tertiary/aromatic N) is 1. The number of para-hydroxylation sites is 1. The van der Waals surface area contributed by atoms with E-state index in [4.69, 9.17) is 14.5 Å². The fraction of sp³-hybridized carbons (Fsp3) is 0.125. The number of rotatable bonds is 3. The Labute approximate surface area is 239 Å². The number of aliphatic hydroxyl groups excluding tert-OH is 1. The number of thiophene rings is 1. The Balaban J connectivity index is 0.000000375. The van der Waals surface area contributed by atoms with Gasteiger partial charge in [-0.2, -0.15) is 0 Å². The first kappa shape index (κ1) is 27.5. The second-order valence-corrected chi connectivity index (χ2v) is 10.2. The van der Waals surface area contributed by atoms with E-state index in [0.29, 0.717) is 0 Å². The molecule has 0 unspecified atom stereocenters. The summed E-state index contributed by atoms with van der Waals surface area (Å²) in [4.78, 5) is 16.2. The predicted octanol–water partition coefficient (Wildman–Crippen LogP) is 8.98. The average molecular weight is 697 g/mol. The van der Waals surface area contributed by atoms with Crippen molar-refractivity contribution in [1.29, 1.82) is 0 Å². The van der Waals surface area contributed by atoms with Gasteiger partial charge >= 0.3 is 0 Å². The van der Waals surface area contributed by atoms with Crippen LogP contribution in [-0.4, -0.2) is 15.9 Å². The van der Waals surface area contributed by atoms with Gasteiger partial charge < -0.3 is 9.52 Å². The number of ketones is 1. The van der Waals surface area contributed by atoms with Gasteiger partial charge in [0.2, 0.25) is 0 Å². The third-order valence-corrected chi connectivity index (χ3v) is 7.03. The molecule has 3 aromatic heterocycles. The maximum absolute atomic E-state index is 10.0. The van der Waals surface area contributed by atoms with Gasteiger partial charge in [-0.05, 0) is 57.2 Å². The van der Waals surface area contributed by atoms with Crippen molar-refractivity contribution in [2.24, 2.45) is 0 Å². The molecule has 0 atom stereocenters. The predicted molar refractivity (Wildman–Crippen MR) is 153 cm³/mol. The summed E-state index contributed by atoms with van der Waals surface area (Å²) in [6.45, 7) is 7.13. The van der Waals surface area contributed by atoms with Crippen LogP contribution in [0.25, 0.3) is 53.9 Å². The molecule has 6 rings (SSSR count). The van der Waals surface area contributed by atoms with E-state index in [1.165, 1.54) is 46.2 Å². The summed E-state index contributed by atoms with van der Waals surface area (Å²) in [5.74, 6) is -0.0625. The van der Waals surface area contributed by atoms with Gasteiger partial charge in [0.15, 0.2) is 5.78 Å². The van der Waals surface area contributed by atoms with E-state index in [1.807, 2.05) is 24.3 Å². The topological polar surface area (TPSA) is 63.3 Å². The second kappa shape index (κ2) is 11.4. The SMILES string of the molecule is CC(=O)/C=C(/C)O.Cc1cc(C)cc(-c2cc3nc(-c4[c-]ccc5c4oc4ccccc45)ccc3s2)c1.[Ir]. The van der Waals surface area contributed by atoms with Crippen LogP contribution in [0.2, 0.25) is 0 Å². The van der Waals surface area contributed by atoms with Crippen LogP contribution in [0.1, 0.15) is 25.0 Å². The van der Waals surface area contributed by atoms with Gasteiger partial charge in [0.25, 0.3) is 0 Å². The van der Waals surface area contributed by atoms with E-state index >= 15 is 0 Å². The Hall–Kier alpha value is -3.57. The summed E-state index contributed by atoms with van der Waals surface area (Å²) in [6.07, 6.45) is 1.17. The fourth-order valence-electron chi connectivity index (χ4n) is 4.50. The van der Waals surface area contributed by atoms with Crippen molar-refractivity contribution in [3.63, 3.8) is 0 Å². The van der Waals surface area contributed by atoms with Crippen LogP contribution >= 0.6 is 11.3 Å². The Morgan fingerprint density at radius 2 is 1.71 bits per heavy atom. The molecule has 6 aromatic rings. The van der Waals surface area contributed by atoms with Gasteiger partial charge in [-0.15, -0.1) is 29.5 Å². The zero-order valence-corrected chi connectivity index (χ0v) is 24.7. The van der Waals surface area contributed by atoms with Crippen molar-refractivity contribution < 1.29 is 34.4 Å². The Kier molecular flexibility index (Phi) is 8.27. The molecule has 0 saturated carbocycles. The van der Waals surface area contributed by atoms with Crippen LogP contribution < -0.4 is 0 Å². The third kappa shape index (κ3) is 5.78. The van der Waals surface area contributed by atoms with Gasteiger partial charge in [-0.25, -0.2) is 0 Å². The summed E-state index contributed by atoms with van der Waals surface area (Å²) in [5.41, 5.74) is 8.35. The van der Waals surface area contributed by atoms with Crippen molar-refractivity contribution in [3.8, 4) is 21.7 Å². The molecule has 0 spiro atoms. The first-order valence-electron chi connectivity index (χ1n) is 12.0. The second-order valence-electron chi connectivity index (χ2n) is 9.16. The molecule has 1 radical (unpaired) electrons. The quantitative estimate of drug-likeness (QED) is 0.114. The number of allylic oxidation sites excluding steroid dienone is 2. The number of aliphatic hydroxyl groups is 1. The minimum absolute atomic E-state index is 0. The van der Waals surface area contributed by atoms with E-state index < -0.39 is 0 Å². The molecule has 3 heterocycles. The molecule has 0 bridgehead atoms. The van der Waals surface area contributed by atoms with Crippen LogP contribution in [0.4, 0.5) is 0 Å². The van der Waals surface area contributed by atoms with Gasteiger partial charge in [0.05, 0.1) is 21.6 Å². The molecular formula is C32H26IrNO3S-. The molecule has 0 amide bonds. The molecule has 3 aromatic carbocycles. The van der Waals surface area contributed by atoms with Gasteiger partial charge in [-0.1, -0.05) is 64.5 Å². The molecule has 0 aliphatic rings. The van der Waals surface area contributed by atoms with Crippen LogP contribution in [0, 0.1) is 19.9 Å². The first-order chi connectivity index (χ1) is 17.8. The monoisotopic (exact) mass is 697 g/mol. The minimum Gasteiger partial charge on any atom is -0.512 e. The van der Waals surface area contributed by atoms with E-state index in [0.717, 1.165) is 38.7 Å². The van der Waals surface area contributed by atoms with Gasteiger partial charge in [0, 0.05) is 36.4 Å². The van der Waals surface area contributed by atoms with Crippen LogP contribution in [-0.2, 0) is 24.9 Å². The Morgan fingerprint density at radius 3 is 2.39 bits per heavy atom. The molecule has 0 aliphatic heterocycles. The van der Waals surface area contributed by atoms with Crippen molar-refractivity contribution in [2.75, 3.05) is 0 Å². The molecule has 193 valence electrons. The summed E-state index contributed by atoms with van der Waals surface area (Å²) < 4.78 is 7.37. The third-order valence-electron chi connectivity index (χ3n) is 5.89. The number of carbonyl (C=O) groups is 1. The molecule has 0 fully saturated rings. The number of fused-ring (bicyclic) bond motifs is 4. The number of pyridine rings is 1. The standard InChI is InChI=1S/C27H18NOS.C5H8O2.Ir/c1-16-12-17(2)14-18(13-16)26-15-23-25(30-26)11-10-22(28-23)21-8-5-7-20-19-6-3-4-9-24(19)29-27(20)21;1-4(6)3-5(2)7;/h3-7,9-15H,1-2H3;3,6H,1-2H3;/q-1;;/b;4-3-;. The summed E-state index contributed by atoms with van der Waals surface area (Å²) in [7, 11) is 0. The zero-order valence-electron chi connectivity index (χ0n) is 21.5. The van der Waals surface area contributed by atoms with E-state index in [9.17, 15) is 4.79 Å². The minimum atomic E-state index is -0.125. The molecule has 0 aliphatic carbocycles. The number of hydrogen-bond acceptors (Lipinski definition) is 5. The number of aromatic nitrogens is 1. The van der Waals surface area contributed by atoms with Crippen LogP contribution in [0.5, 0.6) is 0 Å². The van der Waals surface area contributed by atoms with Crippen LogP contribution in [0.3, 0.4) is 0 Å². The fourth-order valence-corrected chi connectivity index (χ4v) is 5.49.